The maximum atomic E-state index is 13.5. The number of piperazine rings is 1. The maximum Gasteiger partial charge on any atom is 0.168 e. The summed E-state index contributed by atoms with van der Waals surface area (Å²) in [6.45, 7) is 13.9. The van der Waals surface area contributed by atoms with Crippen LogP contribution in [-0.4, -0.2) is 78.6 Å². The highest BCUT2D eigenvalue weighted by atomic mass is 19.1. The van der Waals surface area contributed by atoms with E-state index in [4.69, 9.17) is 4.74 Å². The van der Waals surface area contributed by atoms with Gasteiger partial charge in [0.1, 0.15) is 17.7 Å². The van der Waals surface area contributed by atoms with Crippen LogP contribution in [0.25, 0.3) is 0 Å². The molecule has 0 N–H and O–H groups in total. The Morgan fingerprint density at radius 1 is 0.861 bits per heavy atom. The van der Waals surface area contributed by atoms with E-state index in [1.807, 2.05) is 0 Å². The van der Waals surface area contributed by atoms with Crippen LogP contribution in [0.5, 0.6) is 0 Å². The quantitative estimate of drug-likeness (QED) is 0.491. The van der Waals surface area contributed by atoms with Crippen molar-refractivity contribution >= 4 is 6.29 Å². The number of carbonyl (C=O) groups is 1. The maximum absolute atomic E-state index is 13.5. The van der Waals surface area contributed by atoms with E-state index in [0.717, 1.165) is 76.1 Å². The minimum absolute atomic E-state index is 0.223. The molecule has 2 aliphatic rings. The van der Waals surface area contributed by atoms with Gasteiger partial charge in [-0.25, -0.2) is 8.78 Å². The molecule has 0 aliphatic carbocycles. The fraction of sp³-hybridized carbons (Fsp3) is 0.552. The number of nitrogens with zero attached hydrogens (tertiary/aromatic N) is 3. The molecule has 2 aliphatic heterocycles. The zero-order valence-corrected chi connectivity index (χ0v) is 21.7. The predicted molar refractivity (Wildman–Crippen MR) is 138 cm³/mol. The summed E-state index contributed by atoms with van der Waals surface area (Å²) in [5.41, 5.74) is 1.67. The molecule has 2 aromatic carbocycles. The van der Waals surface area contributed by atoms with E-state index in [-0.39, 0.29) is 17.2 Å². The van der Waals surface area contributed by atoms with Gasteiger partial charge >= 0.3 is 0 Å². The molecule has 0 aromatic heterocycles. The number of hydrogen-bond donors (Lipinski definition) is 0. The Balaban J connectivity index is 1.35. The van der Waals surface area contributed by atoms with Crippen molar-refractivity contribution in [1.82, 2.24) is 14.7 Å². The standard InChI is InChI=1S/C29H39F2N3O2/c1-29(2,3)34-18-16-32(17-19-34)20-22-12-14-33(15-13-22)27(21-35)36-28(23-4-8-25(30)9-5-23)24-6-10-26(31)11-7-24/h4-11,21-22,27-28H,12-20H2,1-3H3. The highest BCUT2D eigenvalue weighted by molar-refractivity contribution is 5.55. The molecule has 196 valence electrons. The van der Waals surface area contributed by atoms with Crippen LogP contribution in [0.2, 0.25) is 0 Å². The predicted octanol–water partition coefficient (Wildman–Crippen LogP) is 4.72. The van der Waals surface area contributed by atoms with Crippen molar-refractivity contribution in [2.75, 3.05) is 45.8 Å². The zero-order chi connectivity index (χ0) is 25.7. The van der Waals surface area contributed by atoms with Crippen molar-refractivity contribution in [2.45, 2.75) is 51.5 Å². The molecule has 0 radical (unpaired) electrons. The van der Waals surface area contributed by atoms with E-state index in [1.54, 1.807) is 24.3 Å². The first-order chi connectivity index (χ1) is 17.2. The molecule has 5 nitrogen and oxygen atoms in total. The average molecular weight is 500 g/mol. The molecule has 2 fully saturated rings. The molecule has 0 amide bonds. The first-order valence-corrected chi connectivity index (χ1v) is 13.1. The molecule has 0 saturated carbocycles. The molecular weight excluding hydrogens is 460 g/mol. The molecule has 0 bridgehead atoms. The summed E-state index contributed by atoms with van der Waals surface area (Å²) < 4.78 is 33.4. The van der Waals surface area contributed by atoms with Crippen molar-refractivity contribution in [3.63, 3.8) is 0 Å². The smallest absolute Gasteiger partial charge is 0.168 e. The summed E-state index contributed by atoms with van der Waals surface area (Å²) in [7, 11) is 0. The Labute approximate surface area is 214 Å². The van der Waals surface area contributed by atoms with Gasteiger partial charge in [0.25, 0.3) is 0 Å². The number of piperidine rings is 1. The second kappa shape index (κ2) is 11.9. The van der Waals surface area contributed by atoms with Gasteiger partial charge in [-0.15, -0.1) is 0 Å². The molecule has 4 rings (SSSR count). The van der Waals surface area contributed by atoms with E-state index in [9.17, 15) is 13.6 Å². The van der Waals surface area contributed by atoms with Gasteiger partial charge in [-0.2, -0.15) is 0 Å². The average Bonchev–Trinajstić information content (AvgIpc) is 2.87. The third-order valence-electron chi connectivity index (χ3n) is 7.58. The molecule has 1 unspecified atom stereocenters. The van der Waals surface area contributed by atoms with Gasteiger partial charge < -0.3 is 9.64 Å². The van der Waals surface area contributed by atoms with Crippen LogP contribution in [0.1, 0.15) is 50.8 Å². The molecule has 1 atom stereocenters. The number of likely N-dealkylation sites (tertiary alicyclic amines) is 1. The van der Waals surface area contributed by atoms with Gasteiger partial charge in [-0.1, -0.05) is 24.3 Å². The van der Waals surface area contributed by atoms with Crippen LogP contribution < -0.4 is 0 Å². The Hall–Kier alpha value is -2.19. The lowest BCUT2D eigenvalue weighted by atomic mass is 9.95. The summed E-state index contributed by atoms with van der Waals surface area (Å²) in [5, 5.41) is 0. The molecule has 7 heteroatoms. The SMILES string of the molecule is CC(C)(C)N1CCN(CC2CCN(C(C=O)OC(c3ccc(F)cc3)c3ccc(F)cc3)CC2)CC1. The van der Waals surface area contributed by atoms with Crippen molar-refractivity contribution < 1.29 is 18.3 Å². The highest BCUT2D eigenvalue weighted by Crippen LogP contribution is 2.30. The number of halogens is 2. The minimum atomic E-state index is -0.721. The molecule has 2 heterocycles. The second-order valence-corrected chi connectivity index (χ2v) is 11.1. The lowest BCUT2D eigenvalue weighted by Crippen LogP contribution is -2.54. The lowest BCUT2D eigenvalue weighted by molar-refractivity contribution is -0.140. The topological polar surface area (TPSA) is 36.0 Å². The number of benzene rings is 2. The van der Waals surface area contributed by atoms with Gasteiger partial charge in [-0.05, 0) is 74.9 Å². The van der Waals surface area contributed by atoms with E-state index in [2.05, 4.69) is 35.5 Å². The largest absolute Gasteiger partial charge is 0.343 e. The van der Waals surface area contributed by atoms with Crippen LogP contribution in [0.4, 0.5) is 8.78 Å². The molecule has 36 heavy (non-hydrogen) atoms. The van der Waals surface area contributed by atoms with Gasteiger partial charge in [0, 0.05) is 51.4 Å². The van der Waals surface area contributed by atoms with E-state index >= 15 is 0 Å². The third-order valence-corrected chi connectivity index (χ3v) is 7.58. The number of aldehydes is 1. The normalized spacial score (nSPS) is 20.1. The Kier molecular flexibility index (Phi) is 8.88. The number of rotatable bonds is 8. The first-order valence-electron chi connectivity index (χ1n) is 13.1. The Bertz CT molecular complexity index is 916. The lowest BCUT2D eigenvalue weighted by Gasteiger charge is -2.44. The van der Waals surface area contributed by atoms with Crippen molar-refractivity contribution in [2.24, 2.45) is 5.92 Å². The summed E-state index contributed by atoms with van der Waals surface area (Å²) in [6, 6.07) is 12.1. The van der Waals surface area contributed by atoms with Gasteiger partial charge in [0.05, 0.1) is 0 Å². The summed E-state index contributed by atoms with van der Waals surface area (Å²) in [5.74, 6) is -0.0735. The molecule has 2 aromatic rings. The highest BCUT2D eigenvalue weighted by Gasteiger charge is 2.31. The van der Waals surface area contributed by atoms with E-state index in [1.165, 1.54) is 24.3 Å². The monoisotopic (exact) mass is 499 g/mol. The number of hydrogen-bond acceptors (Lipinski definition) is 5. The van der Waals surface area contributed by atoms with E-state index in [0.29, 0.717) is 5.92 Å². The van der Waals surface area contributed by atoms with Crippen LogP contribution in [-0.2, 0) is 9.53 Å². The number of carbonyl (C=O) groups excluding carboxylic acids is 1. The minimum Gasteiger partial charge on any atom is -0.343 e. The zero-order valence-electron chi connectivity index (χ0n) is 21.7. The summed E-state index contributed by atoms with van der Waals surface area (Å²) in [6.07, 6.45) is 1.56. The van der Waals surface area contributed by atoms with Crippen molar-refractivity contribution in [3.8, 4) is 0 Å². The van der Waals surface area contributed by atoms with Crippen molar-refractivity contribution in [1.29, 1.82) is 0 Å². The molecule has 2 saturated heterocycles. The third kappa shape index (κ3) is 6.97. The van der Waals surface area contributed by atoms with Gasteiger partial charge in [0.15, 0.2) is 12.5 Å². The first kappa shape index (κ1) is 26.9. The van der Waals surface area contributed by atoms with Gasteiger partial charge in [0.2, 0.25) is 0 Å². The summed E-state index contributed by atoms with van der Waals surface area (Å²) in [4.78, 5) is 19.3. The fourth-order valence-corrected chi connectivity index (χ4v) is 5.32. The Morgan fingerprint density at radius 2 is 1.36 bits per heavy atom. The van der Waals surface area contributed by atoms with Crippen LogP contribution >= 0.6 is 0 Å². The molecule has 0 spiro atoms. The molecular formula is C29H39F2N3O2. The van der Waals surface area contributed by atoms with Crippen LogP contribution in [0.3, 0.4) is 0 Å². The Morgan fingerprint density at radius 3 is 1.81 bits per heavy atom. The second-order valence-electron chi connectivity index (χ2n) is 11.1. The number of ether oxygens (including phenoxy) is 1. The van der Waals surface area contributed by atoms with Gasteiger partial charge in [-0.3, -0.25) is 14.6 Å². The van der Waals surface area contributed by atoms with Crippen molar-refractivity contribution in [3.05, 3.63) is 71.3 Å². The summed E-state index contributed by atoms with van der Waals surface area (Å²) >= 11 is 0. The van der Waals surface area contributed by atoms with Crippen LogP contribution in [0, 0.1) is 17.6 Å². The van der Waals surface area contributed by atoms with E-state index < -0.39 is 12.3 Å². The van der Waals surface area contributed by atoms with Crippen LogP contribution in [0.15, 0.2) is 48.5 Å². The fourth-order valence-electron chi connectivity index (χ4n) is 5.32.